The normalized spacial score (nSPS) is 10.9. The Balaban J connectivity index is 3.04. The Morgan fingerprint density at radius 1 is 1.31 bits per heavy atom. The summed E-state index contributed by atoms with van der Waals surface area (Å²) >= 11 is 5.61. The van der Waals surface area contributed by atoms with E-state index in [0.717, 1.165) is 6.92 Å². The molecule has 16 heavy (non-hydrogen) atoms. The molecule has 1 rings (SSSR count). The Morgan fingerprint density at radius 3 is 2.44 bits per heavy atom. The standard InChI is InChI=1S/C9H8ClNO4S/c1-6(12)9(13)11-16(14,15)8-4-2-3-7(10)5-8/h2-5H,1H3,(H,11,13). The SMILES string of the molecule is CC(=O)C(=O)NS(=O)(=O)c1cccc(Cl)c1. The lowest BCUT2D eigenvalue weighted by molar-refractivity contribution is -0.135. The number of nitrogens with one attached hydrogen (secondary N) is 1. The summed E-state index contributed by atoms with van der Waals surface area (Å²) in [6.45, 7) is 0.975. The van der Waals surface area contributed by atoms with E-state index in [4.69, 9.17) is 11.6 Å². The quantitative estimate of drug-likeness (QED) is 0.814. The average molecular weight is 262 g/mol. The number of rotatable bonds is 3. The van der Waals surface area contributed by atoms with Crippen LogP contribution in [0.15, 0.2) is 29.2 Å². The third-order valence-electron chi connectivity index (χ3n) is 1.65. The predicted octanol–water partition coefficient (Wildman–Crippen LogP) is 0.734. The highest BCUT2D eigenvalue weighted by Crippen LogP contribution is 2.14. The van der Waals surface area contributed by atoms with Crippen molar-refractivity contribution in [3.63, 3.8) is 0 Å². The van der Waals surface area contributed by atoms with Crippen LogP contribution in [0.3, 0.4) is 0 Å². The molecule has 1 N–H and O–H groups in total. The third kappa shape index (κ3) is 3.04. The molecular formula is C9H8ClNO4S. The van der Waals surface area contributed by atoms with Gasteiger partial charge in [-0.25, -0.2) is 13.1 Å². The third-order valence-corrected chi connectivity index (χ3v) is 3.22. The number of amides is 1. The minimum Gasteiger partial charge on any atom is -0.289 e. The number of ketones is 1. The maximum atomic E-state index is 11.6. The number of carbonyl (C=O) groups excluding carboxylic acids is 2. The van der Waals surface area contributed by atoms with Gasteiger partial charge in [-0.3, -0.25) is 9.59 Å². The lowest BCUT2D eigenvalue weighted by Crippen LogP contribution is -2.34. The number of hydrogen-bond acceptors (Lipinski definition) is 4. The summed E-state index contributed by atoms with van der Waals surface area (Å²) in [5.41, 5.74) is 0. The van der Waals surface area contributed by atoms with Crippen LogP contribution in [0.5, 0.6) is 0 Å². The molecule has 0 aromatic heterocycles. The van der Waals surface area contributed by atoms with Crippen molar-refractivity contribution in [1.82, 2.24) is 4.72 Å². The number of hydrogen-bond donors (Lipinski definition) is 1. The summed E-state index contributed by atoms with van der Waals surface area (Å²) in [5.74, 6) is -2.06. The first-order valence-corrected chi connectivity index (χ1v) is 6.02. The summed E-state index contributed by atoms with van der Waals surface area (Å²) < 4.78 is 24.7. The maximum Gasteiger partial charge on any atom is 0.300 e. The van der Waals surface area contributed by atoms with Gasteiger partial charge in [-0.1, -0.05) is 17.7 Å². The van der Waals surface area contributed by atoms with Crippen LogP contribution in [0.1, 0.15) is 6.92 Å². The molecule has 0 atom stereocenters. The molecule has 0 aliphatic heterocycles. The van der Waals surface area contributed by atoms with Gasteiger partial charge in [0.05, 0.1) is 4.90 Å². The fourth-order valence-corrected chi connectivity index (χ4v) is 2.19. The van der Waals surface area contributed by atoms with Crippen LogP contribution in [0.4, 0.5) is 0 Å². The minimum absolute atomic E-state index is 0.172. The summed E-state index contributed by atoms with van der Waals surface area (Å²) in [6, 6.07) is 5.36. The van der Waals surface area contributed by atoms with Gasteiger partial charge >= 0.3 is 5.91 Å². The molecule has 0 bridgehead atoms. The fraction of sp³-hybridized carbons (Fsp3) is 0.111. The number of sulfonamides is 1. The average Bonchev–Trinajstić information content (AvgIpc) is 2.17. The molecule has 1 aromatic carbocycles. The second kappa shape index (κ2) is 4.63. The van der Waals surface area contributed by atoms with Crippen molar-refractivity contribution in [2.75, 3.05) is 0 Å². The number of benzene rings is 1. The van der Waals surface area contributed by atoms with Crippen LogP contribution in [0, 0.1) is 0 Å². The molecule has 0 unspecified atom stereocenters. The van der Waals surface area contributed by atoms with Crippen molar-refractivity contribution < 1.29 is 18.0 Å². The van der Waals surface area contributed by atoms with Gasteiger partial charge < -0.3 is 0 Å². The maximum absolute atomic E-state index is 11.6. The van der Waals surface area contributed by atoms with E-state index in [0.29, 0.717) is 0 Å². The molecule has 86 valence electrons. The molecule has 0 spiro atoms. The molecular weight excluding hydrogens is 254 g/mol. The summed E-state index contributed by atoms with van der Waals surface area (Å²) in [5, 5.41) is 0.221. The van der Waals surface area contributed by atoms with Crippen molar-refractivity contribution in [2.24, 2.45) is 0 Å². The van der Waals surface area contributed by atoms with Crippen LogP contribution in [0.2, 0.25) is 5.02 Å². The fourth-order valence-electron chi connectivity index (χ4n) is 0.887. The molecule has 5 nitrogen and oxygen atoms in total. The lowest BCUT2D eigenvalue weighted by atomic mass is 10.4. The summed E-state index contributed by atoms with van der Waals surface area (Å²) in [7, 11) is -4.03. The zero-order valence-electron chi connectivity index (χ0n) is 8.23. The highest BCUT2D eigenvalue weighted by atomic mass is 35.5. The Hall–Kier alpha value is -1.40. The first-order chi connectivity index (χ1) is 7.33. The van der Waals surface area contributed by atoms with Crippen LogP contribution < -0.4 is 4.72 Å². The largest absolute Gasteiger partial charge is 0.300 e. The number of Topliss-reactive ketones (excluding diaryl/α,β-unsaturated/α-hetero) is 1. The Morgan fingerprint density at radius 2 is 1.94 bits per heavy atom. The topological polar surface area (TPSA) is 80.3 Å². The Bertz CT molecular complexity index is 538. The van der Waals surface area contributed by atoms with E-state index >= 15 is 0 Å². The van der Waals surface area contributed by atoms with E-state index in [1.54, 1.807) is 4.72 Å². The lowest BCUT2D eigenvalue weighted by Gasteiger charge is -2.04. The first-order valence-electron chi connectivity index (χ1n) is 4.16. The van der Waals surface area contributed by atoms with E-state index in [9.17, 15) is 18.0 Å². The van der Waals surface area contributed by atoms with Gasteiger partial charge in [0.2, 0.25) is 5.78 Å². The number of halogens is 1. The molecule has 0 saturated heterocycles. The van der Waals surface area contributed by atoms with Crippen molar-refractivity contribution in [3.05, 3.63) is 29.3 Å². The highest BCUT2D eigenvalue weighted by molar-refractivity contribution is 7.90. The van der Waals surface area contributed by atoms with Crippen LogP contribution >= 0.6 is 11.6 Å². The molecule has 7 heteroatoms. The zero-order valence-corrected chi connectivity index (χ0v) is 9.80. The Labute approximate surface area is 97.5 Å². The smallest absolute Gasteiger partial charge is 0.289 e. The predicted molar refractivity (Wildman–Crippen MR) is 57.5 cm³/mol. The summed E-state index contributed by atoms with van der Waals surface area (Å²) in [4.78, 5) is 21.4. The second-order valence-corrected chi connectivity index (χ2v) is 5.07. The Kier molecular flexibility index (Phi) is 3.66. The van der Waals surface area contributed by atoms with E-state index in [1.807, 2.05) is 0 Å². The molecule has 0 aliphatic carbocycles. The summed E-state index contributed by atoms with van der Waals surface area (Å²) in [6.07, 6.45) is 0. The van der Waals surface area contributed by atoms with Crippen LogP contribution in [-0.4, -0.2) is 20.1 Å². The molecule has 0 radical (unpaired) electrons. The van der Waals surface area contributed by atoms with Gasteiger partial charge in [0.25, 0.3) is 10.0 Å². The van der Waals surface area contributed by atoms with E-state index in [1.165, 1.54) is 24.3 Å². The van der Waals surface area contributed by atoms with Gasteiger partial charge in [-0.15, -0.1) is 0 Å². The van der Waals surface area contributed by atoms with Crippen molar-refractivity contribution >= 4 is 33.3 Å². The molecule has 1 aromatic rings. The highest BCUT2D eigenvalue weighted by Gasteiger charge is 2.19. The number of carbonyl (C=O) groups is 2. The molecule has 1 amide bonds. The van der Waals surface area contributed by atoms with Crippen molar-refractivity contribution in [3.8, 4) is 0 Å². The molecule has 0 aliphatic rings. The van der Waals surface area contributed by atoms with Crippen molar-refractivity contribution in [1.29, 1.82) is 0 Å². The van der Waals surface area contributed by atoms with E-state index in [-0.39, 0.29) is 9.92 Å². The van der Waals surface area contributed by atoms with Gasteiger partial charge in [-0.2, -0.15) is 0 Å². The van der Waals surface area contributed by atoms with Crippen LogP contribution in [0.25, 0.3) is 0 Å². The minimum atomic E-state index is -4.03. The monoisotopic (exact) mass is 261 g/mol. The van der Waals surface area contributed by atoms with E-state index < -0.39 is 21.7 Å². The van der Waals surface area contributed by atoms with Crippen LogP contribution in [-0.2, 0) is 19.6 Å². The van der Waals surface area contributed by atoms with Gasteiger partial charge in [0.15, 0.2) is 0 Å². The van der Waals surface area contributed by atoms with Crippen molar-refractivity contribution in [2.45, 2.75) is 11.8 Å². The first kappa shape index (κ1) is 12.7. The molecule has 0 saturated carbocycles. The second-order valence-electron chi connectivity index (χ2n) is 2.95. The van der Waals surface area contributed by atoms with E-state index in [2.05, 4.69) is 0 Å². The van der Waals surface area contributed by atoms with Gasteiger partial charge in [-0.05, 0) is 18.2 Å². The zero-order chi connectivity index (χ0) is 12.3. The van der Waals surface area contributed by atoms with Gasteiger partial charge in [0, 0.05) is 11.9 Å². The molecule has 0 fully saturated rings. The van der Waals surface area contributed by atoms with Gasteiger partial charge in [0.1, 0.15) is 0 Å². The molecule has 0 heterocycles.